The van der Waals surface area contributed by atoms with Crippen LogP contribution in [0, 0.1) is 11.8 Å². The Labute approximate surface area is 105 Å². The van der Waals surface area contributed by atoms with Gasteiger partial charge in [0.25, 0.3) is 0 Å². The van der Waals surface area contributed by atoms with E-state index in [9.17, 15) is 4.79 Å². The number of hydrogen-bond donors (Lipinski definition) is 2. The summed E-state index contributed by atoms with van der Waals surface area (Å²) in [5.74, 6) is 0.850. The van der Waals surface area contributed by atoms with E-state index in [2.05, 4.69) is 29.4 Å². The summed E-state index contributed by atoms with van der Waals surface area (Å²) in [5, 5.41) is 6.48. The third kappa shape index (κ3) is 5.04. The van der Waals surface area contributed by atoms with E-state index in [0.717, 1.165) is 32.5 Å². The van der Waals surface area contributed by atoms with Crippen LogP contribution in [0.1, 0.15) is 26.7 Å². The molecule has 1 aliphatic heterocycles. The molecule has 17 heavy (non-hydrogen) atoms. The average Bonchev–Trinajstić information content (AvgIpc) is 2.28. The molecular formula is C13H27N3O. The van der Waals surface area contributed by atoms with Gasteiger partial charge in [-0.15, -0.1) is 0 Å². The van der Waals surface area contributed by atoms with Crippen LogP contribution in [0.15, 0.2) is 0 Å². The molecule has 0 aromatic heterocycles. The molecule has 2 N–H and O–H groups in total. The highest BCUT2D eigenvalue weighted by Crippen LogP contribution is 2.11. The third-order valence-corrected chi connectivity index (χ3v) is 3.36. The van der Waals surface area contributed by atoms with Crippen LogP contribution in [0.5, 0.6) is 0 Å². The lowest BCUT2D eigenvalue weighted by molar-refractivity contribution is -0.126. The lowest BCUT2D eigenvalue weighted by Crippen LogP contribution is -2.49. The predicted molar refractivity (Wildman–Crippen MR) is 70.9 cm³/mol. The quantitative estimate of drug-likeness (QED) is 0.744. The van der Waals surface area contributed by atoms with Crippen LogP contribution in [0.3, 0.4) is 0 Å². The van der Waals surface area contributed by atoms with Crippen molar-refractivity contribution in [2.75, 3.05) is 33.7 Å². The van der Waals surface area contributed by atoms with E-state index in [1.54, 1.807) is 0 Å². The van der Waals surface area contributed by atoms with Crippen molar-refractivity contribution in [3.05, 3.63) is 0 Å². The van der Waals surface area contributed by atoms with Gasteiger partial charge in [0.15, 0.2) is 0 Å². The van der Waals surface area contributed by atoms with Crippen molar-refractivity contribution in [1.29, 1.82) is 0 Å². The van der Waals surface area contributed by atoms with Gasteiger partial charge in [-0.25, -0.2) is 0 Å². The molecule has 100 valence electrons. The second-order valence-corrected chi connectivity index (χ2v) is 5.66. The van der Waals surface area contributed by atoms with Crippen molar-refractivity contribution in [1.82, 2.24) is 15.5 Å². The summed E-state index contributed by atoms with van der Waals surface area (Å²) in [5.41, 5.74) is 0. The van der Waals surface area contributed by atoms with E-state index >= 15 is 0 Å². The maximum absolute atomic E-state index is 12.1. The topological polar surface area (TPSA) is 44.4 Å². The van der Waals surface area contributed by atoms with Crippen LogP contribution in [0.4, 0.5) is 0 Å². The molecule has 1 saturated heterocycles. The zero-order valence-corrected chi connectivity index (χ0v) is 11.6. The van der Waals surface area contributed by atoms with Gasteiger partial charge in [-0.05, 0) is 39.4 Å². The maximum atomic E-state index is 12.1. The van der Waals surface area contributed by atoms with Crippen LogP contribution in [0.2, 0.25) is 0 Å². The molecule has 1 unspecified atom stereocenters. The fourth-order valence-corrected chi connectivity index (χ4v) is 2.19. The van der Waals surface area contributed by atoms with E-state index in [1.807, 2.05) is 14.1 Å². The Bertz CT molecular complexity index is 235. The van der Waals surface area contributed by atoms with Crippen LogP contribution in [-0.2, 0) is 4.79 Å². The summed E-state index contributed by atoms with van der Waals surface area (Å²) >= 11 is 0. The highest BCUT2D eigenvalue weighted by atomic mass is 16.2. The molecular weight excluding hydrogens is 214 g/mol. The highest BCUT2D eigenvalue weighted by Gasteiger charge is 2.24. The molecule has 0 aromatic rings. The Hall–Kier alpha value is -0.610. The minimum Gasteiger partial charge on any atom is -0.352 e. The van der Waals surface area contributed by atoms with Crippen molar-refractivity contribution >= 4 is 5.91 Å². The minimum atomic E-state index is 0.159. The normalized spacial score (nSPS) is 22.8. The van der Waals surface area contributed by atoms with E-state index in [1.165, 1.54) is 0 Å². The lowest BCUT2D eigenvalue weighted by Gasteiger charge is -2.29. The van der Waals surface area contributed by atoms with Crippen molar-refractivity contribution in [3.63, 3.8) is 0 Å². The molecule has 1 aliphatic rings. The van der Waals surface area contributed by atoms with Gasteiger partial charge < -0.3 is 15.5 Å². The molecule has 2 atom stereocenters. The molecule has 1 fully saturated rings. The van der Waals surface area contributed by atoms with Crippen molar-refractivity contribution in [3.8, 4) is 0 Å². The van der Waals surface area contributed by atoms with Crippen molar-refractivity contribution in [2.45, 2.75) is 32.7 Å². The van der Waals surface area contributed by atoms with Crippen molar-refractivity contribution in [2.24, 2.45) is 11.8 Å². The van der Waals surface area contributed by atoms with Gasteiger partial charge in [0, 0.05) is 19.1 Å². The summed E-state index contributed by atoms with van der Waals surface area (Å²) in [4.78, 5) is 14.3. The number of amides is 1. The van der Waals surface area contributed by atoms with Crippen LogP contribution in [0.25, 0.3) is 0 Å². The Balaban J connectivity index is 2.44. The van der Waals surface area contributed by atoms with Gasteiger partial charge in [0.2, 0.25) is 5.91 Å². The summed E-state index contributed by atoms with van der Waals surface area (Å²) in [6.45, 7) is 7.11. The molecule has 4 nitrogen and oxygen atoms in total. The van der Waals surface area contributed by atoms with Gasteiger partial charge in [-0.3, -0.25) is 4.79 Å². The number of nitrogens with zero attached hydrogens (tertiary/aromatic N) is 1. The number of piperidine rings is 1. The van der Waals surface area contributed by atoms with Gasteiger partial charge >= 0.3 is 0 Å². The molecule has 1 rings (SSSR count). The number of rotatable bonds is 5. The second kappa shape index (κ2) is 6.97. The van der Waals surface area contributed by atoms with E-state index in [0.29, 0.717) is 5.92 Å². The van der Waals surface area contributed by atoms with Gasteiger partial charge in [-0.2, -0.15) is 0 Å². The molecule has 0 radical (unpaired) electrons. The molecule has 0 aliphatic carbocycles. The zero-order valence-electron chi connectivity index (χ0n) is 11.6. The lowest BCUT2D eigenvalue weighted by atomic mass is 9.97. The monoisotopic (exact) mass is 241 g/mol. The third-order valence-electron chi connectivity index (χ3n) is 3.36. The molecule has 0 saturated carbocycles. The number of nitrogens with one attached hydrogen (secondary N) is 2. The first-order valence-electron chi connectivity index (χ1n) is 6.66. The van der Waals surface area contributed by atoms with E-state index in [4.69, 9.17) is 0 Å². The Morgan fingerprint density at radius 1 is 1.47 bits per heavy atom. The molecule has 0 aromatic carbocycles. The summed E-state index contributed by atoms with van der Waals surface area (Å²) in [6.07, 6.45) is 2.13. The Morgan fingerprint density at radius 3 is 2.65 bits per heavy atom. The second-order valence-electron chi connectivity index (χ2n) is 5.66. The van der Waals surface area contributed by atoms with Crippen LogP contribution < -0.4 is 10.6 Å². The van der Waals surface area contributed by atoms with Gasteiger partial charge in [0.1, 0.15) is 0 Å². The number of carbonyl (C=O) groups excluding carboxylic acids is 1. The molecule has 1 heterocycles. The summed E-state index contributed by atoms with van der Waals surface area (Å²) in [6, 6.07) is 0.249. The standard InChI is InChI=1S/C13H27N3O/c1-10(2)12(9-16(3)4)15-13(17)11-6-5-7-14-8-11/h10-12,14H,5-9H2,1-4H3,(H,15,17)/t11-,12?/m1/s1. The number of carbonyl (C=O) groups is 1. The fourth-order valence-electron chi connectivity index (χ4n) is 2.19. The predicted octanol–water partition coefficient (Wildman–Crippen LogP) is 0.688. The number of likely N-dealkylation sites (N-methyl/N-ethyl adjacent to an activating group) is 1. The average molecular weight is 241 g/mol. The molecule has 0 spiro atoms. The number of hydrogen-bond acceptors (Lipinski definition) is 3. The first-order chi connectivity index (χ1) is 8.00. The molecule has 1 amide bonds. The molecule has 4 heteroatoms. The van der Waals surface area contributed by atoms with Gasteiger partial charge in [0.05, 0.1) is 5.92 Å². The zero-order chi connectivity index (χ0) is 12.8. The smallest absolute Gasteiger partial charge is 0.224 e. The SMILES string of the molecule is CC(C)C(CN(C)C)NC(=O)[C@@H]1CCCNC1. The largest absolute Gasteiger partial charge is 0.352 e. The first-order valence-corrected chi connectivity index (χ1v) is 6.66. The van der Waals surface area contributed by atoms with Crippen LogP contribution in [-0.4, -0.2) is 50.6 Å². The summed E-state index contributed by atoms with van der Waals surface area (Å²) < 4.78 is 0. The fraction of sp³-hybridized carbons (Fsp3) is 0.923. The van der Waals surface area contributed by atoms with Crippen LogP contribution >= 0.6 is 0 Å². The van der Waals surface area contributed by atoms with E-state index in [-0.39, 0.29) is 17.9 Å². The highest BCUT2D eigenvalue weighted by molar-refractivity contribution is 5.79. The van der Waals surface area contributed by atoms with Gasteiger partial charge in [-0.1, -0.05) is 13.8 Å². The molecule has 0 bridgehead atoms. The first kappa shape index (κ1) is 14.5. The summed E-state index contributed by atoms with van der Waals surface area (Å²) in [7, 11) is 4.09. The minimum absolute atomic E-state index is 0.159. The maximum Gasteiger partial charge on any atom is 0.224 e. The van der Waals surface area contributed by atoms with E-state index < -0.39 is 0 Å². The Kier molecular flexibility index (Phi) is 5.92. The Morgan fingerprint density at radius 2 is 2.18 bits per heavy atom. The van der Waals surface area contributed by atoms with Crippen molar-refractivity contribution < 1.29 is 4.79 Å².